The molecule has 0 saturated carbocycles. The number of nitrogens with zero attached hydrogens (tertiary/aromatic N) is 1. The van der Waals surface area contributed by atoms with E-state index < -0.39 is 38.3 Å². The first-order chi connectivity index (χ1) is 15.4. The van der Waals surface area contributed by atoms with Crippen LogP contribution in [0.1, 0.15) is 91.9 Å². The minimum Gasteiger partial charge on any atom is -0.421 e. The topological polar surface area (TPSA) is 82.4 Å². The number of unbranched alkanes of at least 4 members (excludes halogenated alkanes) is 6. The molecule has 0 aliphatic rings. The quantitative estimate of drug-likeness (QED) is 0.107. The van der Waals surface area contributed by atoms with Crippen LogP contribution in [0.4, 0.5) is 26.3 Å². The zero-order chi connectivity index (χ0) is 27.1. The third-order valence-electron chi connectivity index (χ3n) is 5.23. The minimum absolute atomic E-state index is 0.586. The van der Waals surface area contributed by atoms with Gasteiger partial charge in [-0.25, -0.2) is 16.8 Å². The predicted molar refractivity (Wildman–Crippen MR) is 129 cm³/mol. The maximum absolute atomic E-state index is 11.4. The number of rotatable bonds is 16. The smallest absolute Gasteiger partial charge is 0.421 e. The second-order valence-electron chi connectivity index (χ2n) is 8.27. The van der Waals surface area contributed by atoms with Crippen LogP contribution in [0.3, 0.4) is 0 Å². The van der Waals surface area contributed by atoms with Crippen LogP contribution >= 0.6 is 7.26 Å². The zero-order valence-electron chi connectivity index (χ0n) is 20.5. The molecular formula is C20H40F6NO4PS2. The van der Waals surface area contributed by atoms with Gasteiger partial charge in [0.05, 0.1) is 24.6 Å². The maximum Gasteiger partial charge on any atom is 0.480 e. The summed E-state index contributed by atoms with van der Waals surface area (Å²) in [5.41, 5.74) is -12.4. The van der Waals surface area contributed by atoms with E-state index in [1.165, 1.54) is 64.2 Å². The van der Waals surface area contributed by atoms with Crippen molar-refractivity contribution < 1.29 is 43.2 Å². The van der Waals surface area contributed by atoms with Crippen LogP contribution < -0.4 is 0 Å². The van der Waals surface area contributed by atoms with E-state index in [9.17, 15) is 43.2 Å². The second kappa shape index (κ2) is 16.6. The first kappa shape index (κ1) is 36.0. The Balaban J connectivity index is 0. The fourth-order valence-corrected chi connectivity index (χ4v) is 10.1. The van der Waals surface area contributed by atoms with Gasteiger partial charge < -0.3 is 4.13 Å². The van der Waals surface area contributed by atoms with Gasteiger partial charge in [0.2, 0.25) is 0 Å². The van der Waals surface area contributed by atoms with E-state index in [4.69, 9.17) is 0 Å². The standard InChI is InChI=1S/C18H40P.C2F6NO4S2/c1-5-9-13-14-18-19(15-10-6-2,16-11-7-3)17-12-8-4;3-1(4,5)14(10,11)9-15(12,13)2(6,7)8/h5-18H2,1-4H3;/q+1;-1. The summed E-state index contributed by atoms with van der Waals surface area (Å²) in [5, 5.41) is 0. The lowest BCUT2D eigenvalue weighted by molar-refractivity contribution is -0.0444. The molecule has 208 valence electrons. The van der Waals surface area contributed by atoms with Gasteiger partial charge in [-0.1, -0.05) is 59.8 Å². The summed E-state index contributed by atoms with van der Waals surface area (Å²) in [6.07, 6.45) is 21.0. The first-order valence-electron chi connectivity index (χ1n) is 11.7. The van der Waals surface area contributed by atoms with E-state index in [0.717, 1.165) is 4.13 Å². The number of halogens is 6. The van der Waals surface area contributed by atoms with Crippen LogP contribution in [0.15, 0.2) is 0 Å². The number of alkyl halides is 6. The fraction of sp³-hybridized carbons (Fsp3) is 1.00. The highest BCUT2D eigenvalue weighted by molar-refractivity contribution is 8.13. The van der Waals surface area contributed by atoms with Crippen molar-refractivity contribution in [2.24, 2.45) is 0 Å². The molecule has 0 amide bonds. The lowest BCUT2D eigenvalue weighted by Gasteiger charge is -2.28. The molecule has 0 N–H and O–H groups in total. The lowest BCUT2D eigenvalue weighted by atomic mass is 10.2. The Morgan fingerprint density at radius 3 is 1.09 bits per heavy atom. The molecule has 0 aliphatic heterocycles. The molecule has 0 radical (unpaired) electrons. The fourth-order valence-electron chi connectivity index (χ4n) is 3.24. The van der Waals surface area contributed by atoms with Crippen LogP contribution in [0.5, 0.6) is 0 Å². The molecule has 0 aromatic heterocycles. The summed E-state index contributed by atoms with van der Waals surface area (Å²) in [6.45, 7) is 9.43. The predicted octanol–water partition coefficient (Wildman–Crippen LogP) is 8.04. The van der Waals surface area contributed by atoms with Crippen molar-refractivity contribution in [2.45, 2.75) is 103 Å². The van der Waals surface area contributed by atoms with Crippen molar-refractivity contribution in [1.82, 2.24) is 0 Å². The van der Waals surface area contributed by atoms with E-state index in [0.29, 0.717) is 0 Å². The molecule has 0 saturated heterocycles. The van der Waals surface area contributed by atoms with Crippen molar-refractivity contribution in [3.8, 4) is 0 Å². The summed E-state index contributed by atoms with van der Waals surface area (Å²) in [7, 11) is -14.0. The molecule has 0 aromatic carbocycles. The van der Waals surface area contributed by atoms with Crippen LogP contribution in [-0.4, -0.2) is 52.5 Å². The van der Waals surface area contributed by atoms with Crippen LogP contribution in [0.2, 0.25) is 0 Å². The Bertz CT molecular complexity index is 677. The minimum atomic E-state index is -6.72. The maximum atomic E-state index is 11.4. The number of hydrogen-bond donors (Lipinski definition) is 0. The first-order valence-corrected chi connectivity index (χ1v) is 17.1. The number of sulfonamides is 2. The van der Waals surface area contributed by atoms with Crippen molar-refractivity contribution >= 4 is 27.3 Å². The molecule has 0 spiro atoms. The Morgan fingerprint density at radius 2 is 0.824 bits per heavy atom. The molecule has 0 aromatic rings. The molecule has 0 fully saturated rings. The highest BCUT2D eigenvalue weighted by atomic mass is 32.3. The Hall–Kier alpha value is -0.130. The van der Waals surface area contributed by atoms with Crippen molar-refractivity contribution in [2.75, 3.05) is 24.6 Å². The molecule has 0 bridgehead atoms. The van der Waals surface area contributed by atoms with E-state index in [1.807, 2.05) is 0 Å². The Kier molecular flexibility index (Phi) is 17.6. The van der Waals surface area contributed by atoms with Crippen LogP contribution in [-0.2, 0) is 20.0 Å². The van der Waals surface area contributed by atoms with Gasteiger partial charge in [0.25, 0.3) is 0 Å². The van der Waals surface area contributed by atoms with E-state index >= 15 is 0 Å². The summed E-state index contributed by atoms with van der Waals surface area (Å²) in [5.74, 6) is 0. The molecule has 0 atom stereocenters. The summed E-state index contributed by atoms with van der Waals surface area (Å²) >= 11 is 0. The molecule has 0 rings (SSSR count). The monoisotopic (exact) mass is 567 g/mol. The summed E-state index contributed by atoms with van der Waals surface area (Å²) in [6, 6.07) is 0. The molecule has 0 aliphatic carbocycles. The Labute approximate surface area is 202 Å². The van der Waals surface area contributed by atoms with Gasteiger partial charge >= 0.3 is 11.0 Å². The van der Waals surface area contributed by atoms with Gasteiger partial charge in [0.15, 0.2) is 20.0 Å². The third-order valence-corrected chi connectivity index (χ3v) is 13.0. The average Bonchev–Trinajstić information content (AvgIpc) is 2.70. The van der Waals surface area contributed by atoms with E-state index in [1.54, 1.807) is 24.6 Å². The van der Waals surface area contributed by atoms with E-state index in [-0.39, 0.29) is 0 Å². The SMILES string of the molecule is CCCCCC[P+](CCCC)(CCCC)CCCC.O=S(=O)([N-]S(=O)(=O)C(F)(F)F)C(F)(F)F. The van der Waals surface area contributed by atoms with Crippen LogP contribution in [0.25, 0.3) is 4.13 Å². The molecule has 14 heteroatoms. The third kappa shape index (κ3) is 14.4. The van der Waals surface area contributed by atoms with Crippen LogP contribution in [0, 0.1) is 0 Å². The van der Waals surface area contributed by atoms with Gasteiger partial charge in [-0.2, -0.15) is 26.3 Å². The lowest BCUT2D eigenvalue weighted by Crippen LogP contribution is -2.30. The van der Waals surface area contributed by atoms with Crippen molar-refractivity contribution in [1.29, 1.82) is 0 Å². The van der Waals surface area contributed by atoms with Gasteiger partial charge in [-0.3, -0.25) is 0 Å². The second-order valence-corrected chi connectivity index (χ2v) is 16.2. The summed E-state index contributed by atoms with van der Waals surface area (Å²) in [4.78, 5) is 0. The normalized spacial score (nSPS) is 13.5. The molecule has 34 heavy (non-hydrogen) atoms. The molecule has 0 unspecified atom stereocenters. The van der Waals surface area contributed by atoms with Gasteiger partial charge in [0.1, 0.15) is 0 Å². The van der Waals surface area contributed by atoms with Gasteiger partial charge in [-0.05, 0) is 32.1 Å². The molecule has 0 heterocycles. The number of hydrogen-bond acceptors (Lipinski definition) is 4. The molecular weight excluding hydrogens is 527 g/mol. The zero-order valence-corrected chi connectivity index (χ0v) is 23.0. The largest absolute Gasteiger partial charge is 0.480 e. The van der Waals surface area contributed by atoms with Gasteiger partial charge in [0, 0.05) is 7.26 Å². The van der Waals surface area contributed by atoms with Crippen molar-refractivity contribution in [3.05, 3.63) is 4.13 Å². The van der Waals surface area contributed by atoms with E-state index in [2.05, 4.69) is 27.7 Å². The Morgan fingerprint density at radius 1 is 0.529 bits per heavy atom. The highest BCUT2D eigenvalue weighted by Gasteiger charge is 2.47. The average molecular weight is 568 g/mol. The van der Waals surface area contributed by atoms with Crippen molar-refractivity contribution in [3.63, 3.8) is 0 Å². The highest BCUT2D eigenvalue weighted by Crippen LogP contribution is 2.61. The molecule has 5 nitrogen and oxygen atoms in total. The van der Waals surface area contributed by atoms with Gasteiger partial charge in [-0.15, -0.1) is 0 Å². The summed E-state index contributed by atoms with van der Waals surface area (Å²) < 4.78 is 109.